The number of hydrogen-bond donors (Lipinski definition) is 0. The first kappa shape index (κ1) is 15.3. The summed E-state index contributed by atoms with van der Waals surface area (Å²) in [6.45, 7) is 5.84. The summed E-state index contributed by atoms with van der Waals surface area (Å²) in [5.41, 5.74) is 0. The molecule has 0 saturated heterocycles. The van der Waals surface area contributed by atoms with Crippen LogP contribution in [0.25, 0.3) is 0 Å². The summed E-state index contributed by atoms with van der Waals surface area (Å²) in [5, 5.41) is 0. The Kier molecular flexibility index (Phi) is 11.9. The quantitative estimate of drug-likeness (QED) is 0.401. The van der Waals surface area contributed by atoms with Crippen molar-refractivity contribution >= 4 is 12.1 Å². The van der Waals surface area contributed by atoms with E-state index < -0.39 is 0 Å². The maximum atomic E-state index is 11.2. The van der Waals surface area contributed by atoms with Crippen LogP contribution in [-0.2, 0) is 4.79 Å². The number of carbonyl (C=O) groups is 1. The maximum absolute atomic E-state index is 11.2. The molecule has 0 unspecified atom stereocenters. The Morgan fingerprint density at radius 1 is 1.06 bits per heavy atom. The van der Waals surface area contributed by atoms with E-state index in [1.54, 1.807) is 6.21 Å². The molecule has 0 fully saturated rings. The van der Waals surface area contributed by atoms with E-state index in [9.17, 15) is 4.79 Å². The molecule has 0 aromatic rings. The van der Waals surface area contributed by atoms with E-state index in [4.69, 9.17) is 0 Å². The molecule has 0 N–H and O–H groups in total. The first-order chi connectivity index (χ1) is 7.81. The van der Waals surface area contributed by atoms with Crippen molar-refractivity contribution in [3.05, 3.63) is 6.92 Å². The van der Waals surface area contributed by atoms with E-state index in [0.717, 1.165) is 12.8 Å². The van der Waals surface area contributed by atoms with E-state index in [0.29, 0.717) is 12.8 Å². The van der Waals surface area contributed by atoms with Gasteiger partial charge in [-0.2, -0.15) is 0 Å². The Labute approximate surface area is 101 Å². The topological polar surface area (TPSA) is 29.4 Å². The Hall–Kier alpha value is -0.660. The SMILES string of the molecule is [CH2]CC=NC(=O)CCCCCCCCCC. The second kappa shape index (κ2) is 12.4. The molecule has 0 aliphatic carbocycles. The fraction of sp³-hybridized carbons (Fsp3) is 0.786. The smallest absolute Gasteiger partial charge is 0.245 e. The van der Waals surface area contributed by atoms with Crippen LogP contribution >= 0.6 is 0 Å². The Bertz CT molecular complexity index is 187. The highest BCUT2D eigenvalue weighted by Crippen LogP contribution is 2.09. The van der Waals surface area contributed by atoms with Crippen LogP contribution < -0.4 is 0 Å². The molecule has 0 heterocycles. The number of amides is 1. The largest absolute Gasteiger partial charge is 0.273 e. The van der Waals surface area contributed by atoms with Crippen molar-refractivity contribution in [2.45, 2.75) is 71.1 Å². The van der Waals surface area contributed by atoms with Gasteiger partial charge in [0.1, 0.15) is 0 Å². The number of carbonyl (C=O) groups excluding carboxylic acids is 1. The predicted octanol–water partition coefficient (Wildman–Crippen LogP) is 4.34. The summed E-state index contributed by atoms with van der Waals surface area (Å²) < 4.78 is 0. The van der Waals surface area contributed by atoms with Gasteiger partial charge in [-0.25, -0.2) is 4.99 Å². The molecule has 0 bridgehead atoms. The summed E-state index contributed by atoms with van der Waals surface area (Å²) >= 11 is 0. The summed E-state index contributed by atoms with van der Waals surface area (Å²) in [7, 11) is 0. The zero-order valence-electron chi connectivity index (χ0n) is 10.7. The van der Waals surface area contributed by atoms with Gasteiger partial charge in [-0.15, -0.1) is 0 Å². The van der Waals surface area contributed by atoms with Crippen molar-refractivity contribution < 1.29 is 4.79 Å². The third-order valence-corrected chi connectivity index (χ3v) is 2.61. The van der Waals surface area contributed by atoms with E-state index >= 15 is 0 Å². The first-order valence-electron chi connectivity index (χ1n) is 6.65. The molecule has 0 atom stereocenters. The molecule has 0 rings (SSSR count). The minimum absolute atomic E-state index is 0.00892. The van der Waals surface area contributed by atoms with Gasteiger partial charge in [0.05, 0.1) is 0 Å². The van der Waals surface area contributed by atoms with E-state index in [1.165, 1.54) is 38.5 Å². The molecular formula is C14H26NO. The molecule has 0 aromatic carbocycles. The highest BCUT2D eigenvalue weighted by Gasteiger charge is 1.97. The number of unbranched alkanes of at least 4 members (excludes halogenated alkanes) is 7. The van der Waals surface area contributed by atoms with Gasteiger partial charge in [0.2, 0.25) is 5.91 Å². The van der Waals surface area contributed by atoms with Crippen LogP contribution in [0.1, 0.15) is 71.1 Å². The van der Waals surface area contributed by atoms with Crippen molar-refractivity contribution in [3.63, 3.8) is 0 Å². The average molecular weight is 224 g/mol. The molecule has 0 aromatic heterocycles. The fourth-order valence-corrected chi connectivity index (χ4v) is 1.64. The van der Waals surface area contributed by atoms with Gasteiger partial charge in [0, 0.05) is 12.6 Å². The lowest BCUT2D eigenvalue weighted by Gasteiger charge is -2.00. The minimum Gasteiger partial charge on any atom is -0.273 e. The standard InChI is InChI=1S/C14H26NO/c1-3-5-6-7-8-9-10-11-12-14(16)15-13-4-2/h13H,2-12H2,1H3. The summed E-state index contributed by atoms with van der Waals surface area (Å²) in [4.78, 5) is 14.9. The highest BCUT2D eigenvalue weighted by atomic mass is 16.1. The van der Waals surface area contributed by atoms with Gasteiger partial charge in [0.25, 0.3) is 0 Å². The minimum atomic E-state index is 0.00892. The van der Waals surface area contributed by atoms with Crippen LogP contribution in [0.2, 0.25) is 0 Å². The summed E-state index contributed by atoms with van der Waals surface area (Å²) in [6.07, 6.45) is 12.9. The van der Waals surface area contributed by atoms with Crippen molar-refractivity contribution in [3.8, 4) is 0 Å². The highest BCUT2D eigenvalue weighted by molar-refractivity contribution is 5.84. The van der Waals surface area contributed by atoms with Crippen molar-refractivity contribution in [2.24, 2.45) is 4.99 Å². The summed E-state index contributed by atoms with van der Waals surface area (Å²) in [6, 6.07) is 0. The number of rotatable bonds is 10. The van der Waals surface area contributed by atoms with Gasteiger partial charge >= 0.3 is 0 Å². The molecular weight excluding hydrogens is 198 g/mol. The van der Waals surface area contributed by atoms with E-state index in [1.807, 2.05) is 0 Å². The molecule has 1 amide bonds. The Morgan fingerprint density at radius 2 is 1.62 bits per heavy atom. The molecule has 1 radical (unpaired) electrons. The molecule has 2 heteroatoms. The lowest BCUT2D eigenvalue weighted by atomic mass is 10.1. The second-order valence-electron chi connectivity index (χ2n) is 4.22. The number of hydrogen-bond acceptors (Lipinski definition) is 1. The predicted molar refractivity (Wildman–Crippen MR) is 70.7 cm³/mol. The molecule has 0 aliphatic heterocycles. The van der Waals surface area contributed by atoms with Crippen molar-refractivity contribution in [1.82, 2.24) is 0 Å². The van der Waals surface area contributed by atoms with Gasteiger partial charge in [0.15, 0.2) is 0 Å². The normalized spacial score (nSPS) is 11.1. The third kappa shape index (κ3) is 11.4. The molecule has 16 heavy (non-hydrogen) atoms. The van der Waals surface area contributed by atoms with Gasteiger partial charge in [-0.05, 0) is 19.8 Å². The average Bonchev–Trinajstić information content (AvgIpc) is 2.30. The van der Waals surface area contributed by atoms with Gasteiger partial charge in [-0.1, -0.05) is 51.9 Å². The van der Waals surface area contributed by atoms with Crippen LogP contribution in [0.15, 0.2) is 4.99 Å². The number of aliphatic imine (C=N–C) groups is 1. The van der Waals surface area contributed by atoms with Gasteiger partial charge < -0.3 is 0 Å². The maximum Gasteiger partial charge on any atom is 0.245 e. The Morgan fingerprint density at radius 3 is 2.19 bits per heavy atom. The lowest BCUT2D eigenvalue weighted by molar-refractivity contribution is -0.117. The van der Waals surface area contributed by atoms with Gasteiger partial charge in [-0.3, -0.25) is 4.79 Å². The van der Waals surface area contributed by atoms with Crippen LogP contribution in [0.5, 0.6) is 0 Å². The van der Waals surface area contributed by atoms with Crippen LogP contribution in [0.4, 0.5) is 0 Å². The van der Waals surface area contributed by atoms with Crippen LogP contribution in [-0.4, -0.2) is 12.1 Å². The molecule has 2 nitrogen and oxygen atoms in total. The molecule has 0 saturated carbocycles. The van der Waals surface area contributed by atoms with Crippen LogP contribution in [0, 0.1) is 6.92 Å². The molecule has 93 valence electrons. The number of nitrogens with zero attached hydrogens (tertiary/aromatic N) is 1. The van der Waals surface area contributed by atoms with Crippen LogP contribution in [0.3, 0.4) is 0 Å². The zero-order valence-corrected chi connectivity index (χ0v) is 10.7. The fourth-order valence-electron chi connectivity index (χ4n) is 1.64. The Balaban J connectivity index is 3.14. The monoisotopic (exact) mass is 224 g/mol. The third-order valence-electron chi connectivity index (χ3n) is 2.61. The lowest BCUT2D eigenvalue weighted by Crippen LogP contribution is -1.93. The summed E-state index contributed by atoms with van der Waals surface area (Å²) in [5.74, 6) is 0.00892. The molecule has 0 aliphatic rings. The van der Waals surface area contributed by atoms with E-state index in [-0.39, 0.29) is 5.91 Å². The van der Waals surface area contributed by atoms with Crippen molar-refractivity contribution in [1.29, 1.82) is 0 Å². The second-order valence-corrected chi connectivity index (χ2v) is 4.22. The zero-order chi connectivity index (χ0) is 12.1. The molecule has 0 spiro atoms. The van der Waals surface area contributed by atoms with E-state index in [2.05, 4.69) is 18.8 Å². The van der Waals surface area contributed by atoms with Crippen molar-refractivity contribution in [2.75, 3.05) is 0 Å². The first-order valence-corrected chi connectivity index (χ1v) is 6.65.